The highest BCUT2D eigenvalue weighted by Crippen LogP contribution is 2.42. The molecule has 2 fully saturated rings. The van der Waals surface area contributed by atoms with E-state index in [2.05, 4.69) is 10.4 Å². The lowest BCUT2D eigenvalue weighted by molar-refractivity contribution is -0.119. The van der Waals surface area contributed by atoms with Crippen molar-refractivity contribution in [2.45, 2.75) is 25.8 Å². The molecular weight excluding hydrogens is 282 g/mol. The van der Waals surface area contributed by atoms with Crippen LogP contribution in [-0.4, -0.2) is 22.8 Å². The van der Waals surface area contributed by atoms with Crippen molar-refractivity contribution in [1.82, 2.24) is 4.31 Å². The number of hydrogen-bond donors (Lipinski definition) is 0. The Bertz CT molecular complexity index is 598. The van der Waals surface area contributed by atoms with E-state index in [1.165, 1.54) is 12.1 Å². The molecule has 0 radical (unpaired) electrons. The molecule has 1 amide bonds. The Balaban J connectivity index is 1.98. The Kier molecular flexibility index (Phi) is 3.17. The fourth-order valence-corrected chi connectivity index (χ4v) is 3.93. The summed E-state index contributed by atoms with van der Waals surface area (Å²) in [4.78, 5) is 12.4. The summed E-state index contributed by atoms with van der Waals surface area (Å²) in [5, 5.41) is 9.38. The largest absolute Gasteiger partial charge is 0.272 e. The molecule has 3 rings (SSSR count). The predicted octanol–water partition coefficient (Wildman–Crippen LogP) is 2.89. The lowest BCUT2D eigenvalue weighted by Gasteiger charge is -2.18. The van der Waals surface area contributed by atoms with Gasteiger partial charge in [0.1, 0.15) is 12.1 Å². The van der Waals surface area contributed by atoms with Crippen molar-refractivity contribution < 1.29 is 4.79 Å². The molecule has 0 spiro atoms. The summed E-state index contributed by atoms with van der Waals surface area (Å²) >= 11 is 7.62. The van der Waals surface area contributed by atoms with E-state index < -0.39 is 0 Å². The van der Waals surface area contributed by atoms with E-state index in [1.54, 1.807) is 16.4 Å². The molecule has 98 valence electrons. The van der Waals surface area contributed by atoms with Crippen LogP contribution in [0.5, 0.6) is 0 Å². The fraction of sp³-hybridized carbons (Fsp3) is 0.385. The zero-order valence-electron chi connectivity index (χ0n) is 10.4. The first-order valence-electron chi connectivity index (χ1n) is 6.11. The number of rotatable bonds is 1. The molecule has 19 heavy (non-hydrogen) atoms. The molecule has 0 N–H and O–H groups in total. The second-order valence-electron chi connectivity index (χ2n) is 4.70. The number of nitrogens with zero attached hydrogens (tertiary/aromatic N) is 3. The van der Waals surface area contributed by atoms with Gasteiger partial charge in [-0.1, -0.05) is 11.6 Å². The van der Waals surface area contributed by atoms with Gasteiger partial charge in [-0.3, -0.25) is 4.79 Å². The van der Waals surface area contributed by atoms with Crippen molar-refractivity contribution in [1.29, 1.82) is 5.26 Å². The smallest absolute Gasteiger partial charge is 0.256 e. The van der Waals surface area contributed by atoms with Crippen molar-refractivity contribution in [3.8, 4) is 6.07 Å². The molecule has 0 saturated carbocycles. The van der Waals surface area contributed by atoms with Gasteiger partial charge in [0.15, 0.2) is 0 Å². The summed E-state index contributed by atoms with van der Waals surface area (Å²) in [6.45, 7) is 2.79. The van der Waals surface area contributed by atoms with Crippen LogP contribution >= 0.6 is 23.7 Å². The molecule has 4 nitrogen and oxygen atoms in total. The Morgan fingerprint density at radius 1 is 1.53 bits per heavy atom. The molecule has 2 saturated heterocycles. The normalized spacial score (nSPS) is 22.7. The molecule has 0 bridgehead atoms. The highest BCUT2D eigenvalue weighted by molar-refractivity contribution is 7.99. The molecule has 1 unspecified atom stereocenters. The first-order chi connectivity index (χ1) is 9.13. The minimum absolute atomic E-state index is 0.00109. The summed E-state index contributed by atoms with van der Waals surface area (Å²) in [5.74, 6) is 0.117. The molecule has 0 aliphatic carbocycles. The summed E-state index contributed by atoms with van der Waals surface area (Å²) < 4.78 is 3.82. The van der Waals surface area contributed by atoms with Crippen LogP contribution in [0, 0.1) is 18.3 Å². The number of amides is 1. The predicted molar refractivity (Wildman–Crippen MR) is 75.7 cm³/mol. The van der Waals surface area contributed by atoms with Crippen LogP contribution in [-0.2, 0) is 4.79 Å². The zero-order chi connectivity index (χ0) is 13.6. The molecule has 2 heterocycles. The van der Waals surface area contributed by atoms with E-state index in [0.717, 1.165) is 30.6 Å². The molecule has 1 atom stereocenters. The van der Waals surface area contributed by atoms with Gasteiger partial charge in [0.25, 0.3) is 5.91 Å². The Labute approximate surface area is 121 Å². The second kappa shape index (κ2) is 4.71. The number of nitriles is 1. The van der Waals surface area contributed by atoms with Crippen molar-refractivity contribution in [2.24, 2.45) is 0 Å². The summed E-state index contributed by atoms with van der Waals surface area (Å²) in [6, 6.07) is 5.52. The van der Waals surface area contributed by atoms with Gasteiger partial charge in [0, 0.05) is 18.7 Å². The van der Waals surface area contributed by atoms with Crippen LogP contribution in [0.3, 0.4) is 0 Å². The molecule has 1 aromatic carbocycles. The number of anilines is 1. The van der Waals surface area contributed by atoms with Crippen LogP contribution in [0.2, 0.25) is 5.02 Å². The first kappa shape index (κ1) is 12.8. The van der Waals surface area contributed by atoms with Gasteiger partial charge >= 0.3 is 0 Å². The van der Waals surface area contributed by atoms with E-state index in [-0.39, 0.29) is 11.9 Å². The summed E-state index contributed by atoms with van der Waals surface area (Å²) in [6.07, 6.45) is 2.00. The first-order valence-corrected chi connectivity index (χ1v) is 7.22. The van der Waals surface area contributed by atoms with Crippen LogP contribution < -0.4 is 4.31 Å². The topological polar surface area (TPSA) is 47.3 Å². The Morgan fingerprint density at radius 3 is 3.00 bits per heavy atom. The van der Waals surface area contributed by atoms with Gasteiger partial charge in [0.05, 0.1) is 16.3 Å². The van der Waals surface area contributed by atoms with Crippen molar-refractivity contribution in [2.75, 3.05) is 10.8 Å². The maximum absolute atomic E-state index is 12.4. The van der Waals surface area contributed by atoms with Gasteiger partial charge in [-0.15, -0.1) is 0 Å². The van der Waals surface area contributed by atoms with Crippen LogP contribution in [0.1, 0.15) is 24.0 Å². The molecular formula is C13H12ClN3OS. The summed E-state index contributed by atoms with van der Waals surface area (Å²) in [5.41, 5.74) is 2.01. The van der Waals surface area contributed by atoms with Gasteiger partial charge in [-0.25, -0.2) is 8.61 Å². The standard InChI is InChI=1S/C13H12ClN3OS/c1-8-10(5-4-9(7-15)12(8)14)17-13(18)11-3-2-6-16(11)19-17/h4-5,11H,2-3,6H2,1H3. The van der Waals surface area contributed by atoms with Crippen LogP contribution in [0.4, 0.5) is 5.69 Å². The molecule has 2 aliphatic rings. The fourth-order valence-electron chi connectivity index (χ4n) is 2.51. The minimum Gasteiger partial charge on any atom is -0.272 e. The average Bonchev–Trinajstić information content (AvgIpc) is 2.97. The Hall–Kier alpha value is -1.22. The number of carbonyl (C=O) groups excluding carboxylic acids is 1. The molecule has 6 heteroatoms. The number of benzene rings is 1. The highest BCUT2D eigenvalue weighted by Gasteiger charge is 2.43. The maximum atomic E-state index is 12.4. The van der Waals surface area contributed by atoms with E-state index in [1.807, 2.05) is 6.92 Å². The lowest BCUT2D eigenvalue weighted by atomic mass is 10.1. The summed E-state index contributed by atoms with van der Waals surface area (Å²) in [7, 11) is 0. The van der Waals surface area contributed by atoms with Crippen LogP contribution in [0.15, 0.2) is 12.1 Å². The van der Waals surface area contributed by atoms with Gasteiger partial charge in [0.2, 0.25) is 0 Å². The van der Waals surface area contributed by atoms with Gasteiger partial charge < -0.3 is 0 Å². The van der Waals surface area contributed by atoms with Crippen molar-refractivity contribution in [3.05, 3.63) is 28.3 Å². The van der Waals surface area contributed by atoms with E-state index in [0.29, 0.717) is 10.6 Å². The number of halogens is 1. The second-order valence-corrected chi connectivity index (χ2v) is 6.07. The van der Waals surface area contributed by atoms with Gasteiger partial charge in [-0.05, 0) is 37.5 Å². The van der Waals surface area contributed by atoms with Gasteiger partial charge in [-0.2, -0.15) is 5.26 Å². The SMILES string of the molecule is Cc1c(N2SN3CCCC3C2=O)ccc(C#N)c1Cl. The lowest BCUT2D eigenvalue weighted by Crippen LogP contribution is -2.28. The van der Waals surface area contributed by atoms with E-state index in [9.17, 15) is 4.79 Å². The van der Waals surface area contributed by atoms with Crippen molar-refractivity contribution >= 4 is 35.3 Å². The number of carbonyl (C=O) groups is 1. The molecule has 1 aromatic rings. The van der Waals surface area contributed by atoms with Crippen LogP contribution in [0.25, 0.3) is 0 Å². The molecule has 0 aromatic heterocycles. The zero-order valence-corrected chi connectivity index (χ0v) is 12.0. The third-order valence-electron chi connectivity index (χ3n) is 3.57. The quantitative estimate of drug-likeness (QED) is 0.747. The highest BCUT2D eigenvalue weighted by atomic mass is 35.5. The van der Waals surface area contributed by atoms with E-state index >= 15 is 0 Å². The Morgan fingerprint density at radius 2 is 2.32 bits per heavy atom. The van der Waals surface area contributed by atoms with E-state index in [4.69, 9.17) is 16.9 Å². The minimum atomic E-state index is -0.00109. The van der Waals surface area contributed by atoms with Crippen molar-refractivity contribution in [3.63, 3.8) is 0 Å². The monoisotopic (exact) mass is 293 g/mol. The third kappa shape index (κ3) is 1.91. The number of fused-ring (bicyclic) bond motifs is 1. The third-order valence-corrected chi connectivity index (χ3v) is 5.25. The average molecular weight is 294 g/mol. The maximum Gasteiger partial charge on any atom is 0.256 e. The molecule has 2 aliphatic heterocycles. The number of hydrogen-bond acceptors (Lipinski definition) is 4.